The molecule has 2 aromatic rings. The van der Waals surface area contributed by atoms with Gasteiger partial charge in [-0.1, -0.05) is 75.9 Å². The van der Waals surface area contributed by atoms with Crippen LogP contribution in [0.25, 0.3) is 0 Å². The molecule has 0 aromatic heterocycles. The molecule has 0 amide bonds. The number of ether oxygens (including phenoxy) is 2. The van der Waals surface area contributed by atoms with Crippen molar-refractivity contribution < 1.29 is 19.7 Å². The Kier molecular flexibility index (Phi) is 14.1. The van der Waals surface area contributed by atoms with Crippen molar-refractivity contribution in [1.82, 2.24) is 0 Å². The van der Waals surface area contributed by atoms with Crippen molar-refractivity contribution in [2.24, 2.45) is 0 Å². The lowest BCUT2D eigenvalue weighted by Crippen LogP contribution is -2.15. The van der Waals surface area contributed by atoms with Crippen LogP contribution < -0.4 is 9.47 Å². The Morgan fingerprint density at radius 1 is 0.605 bits per heavy atom. The first-order valence-corrected chi connectivity index (χ1v) is 15.4. The molecular formula is C34H52O4. The van der Waals surface area contributed by atoms with Gasteiger partial charge in [-0.25, -0.2) is 0 Å². The van der Waals surface area contributed by atoms with Gasteiger partial charge in [0, 0.05) is 0 Å². The van der Waals surface area contributed by atoms with Gasteiger partial charge in [0.05, 0.1) is 25.4 Å². The number of para-hydroxylation sites is 2. The summed E-state index contributed by atoms with van der Waals surface area (Å²) < 4.78 is 12.4. The first-order chi connectivity index (χ1) is 18.6. The topological polar surface area (TPSA) is 58.9 Å². The molecule has 1 fully saturated rings. The maximum atomic E-state index is 10.1. The molecular weight excluding hydrogens is 472 g/mol. The van der Waals surface area contributed by atoms with E-state index in [0.29, 0.717) is 25.0 Å². The molecule has 1 aliphatic rings. The fourth-order valence-corrected chi connectivity index (χ4v) is 5.78. The summed E-state index contributed by atoms with van der Waals surface area (Å²) in [6.07, 6.45) is 13.8. The van der Waals surface area contributed by atoms with Crippen LogP contribution in [0, 0.1) is 0 Å². The van der Waals surface area contributed by atoms with E-state index in [2.05, 4.69) is 62.4 Å². The summed E-state index contributed by atoms with van der Waals surface area (Å²) in [5.41, 5.74) is 2.67. The quantitative estimate of drug-likeness (QED) is 0.192. The minimum absolute atomic E-state index is 0.201. The van der Waals surface area contributed by atoms with E-state index in [0.717, 1.165) is 101 Å². The van der Waals surface area contributed by atoms with Crippen LogP contribution in [-0.4, -0.2) is 35.6 Å². The van der Waals surface area contributed by atoms with Crippen molar-refractivity contribution in [3.63, 3.8) is 0 Å². The zero-order valence-electron chi connectivity index (χ0n) is 24.0. The molecule has 0 spiro atoms. The third kappa shape index (κ3) is 10.3. The van der Waals surface area contributed by atoms with Crippen LogP contribution in [0.15, 0.2) is 48.5 Å². The normalized spacial score (nSPS) is 19.2. The van der Waals surface area contributed by atoms with E-state index < -0.39 is 0 Å². The molecule has 38 heavy (non-hydrogen) atoms. The molecule has 2 atom stereocenters. The molecule has 1 saturated carbocycles. The zero-order chi connectivity index (χ0) is 27.0. The SMILES string of the molecule is CCCCC(O)CCCOc1ccccc1C1CCC(c2ccccc2OCCCC(O)CCCC)CC1. The second kappa shape index (κ2) is 17.5. The number of rotatable bonds is 18. The Labute approximate surface area is 231 Å². The molecule has 2 unspecified atom stereocenters. The molecule has 0 radical (unpaired) electrons. The number of aliphatic hydroxyl groups is 2. The first kappa shape index (κ1) is 30.5. The van der Waals surface area contributed by atoms with Gasteiger partial charge >= 0.3 is 0 Å². The molecule has 4 nitrogen and oxygen atoms in total. The summed E-state index contributed by atoms with van der Waals surface area (Å²) in [6, 6.07) is 17.1. The molecule has 0 heterocycles. The summed E-state index contributed by atoms with van der Waals surface area (Å²) in [4.78, 5) is 0. The first-order valence-electron chi connectivity index (χ1n) is 15.4. The van der Waals surface area contributed by atoms with Crippen LogP contribution in [0.5, 0.6) is 11.5 Å². The lowest BCUT2D eigenvalue weighted by Gasteiger charge is -2.31. The van der Waals surface area contributed by atoms with E-state index in [-0.39, 0.29) is 12.2 Å². The molecule has 1 aliphatic carbocycles. The molecule has 0 saturated heterocycles. The van der Waals surface area contributed by atoms with Gasteiger partial charge in [-0.2, -0.15) is 0 Å². The largest absolute Gasteiger partial charge is 0.493 e. The highest BCUT2D eigenvalue weighted by molar-refractivity contribution is 5.39. The summed E-state index contributed by atoms with van der Waals surface area (Å²) in [5, 5.41) is 20.2. The maximum absolute atomic E-state index is 10.1. The summed E-state index contributed by atoms with van der Waals surface area (Å²) in [5.74, 6) is 3.08. The summed E-state index contributed by atoms with van der Waals surface area (Å²) >= 11 is 0. The van der Waals surface area contributed by atoms with Gasteiger partial charge in [-0.15, -0.1) is 0 Å². The van der Waals surface area contributed by atoms with E-state index in [1.807, 2.05) is 0 Å². The highest BCUT2D eigenvalue weighted by Gasteiger charge is 2.27. The highest BCUT2D eigenvalue weighted by Crippen LogP contribution is 2.44. The highest BCUT2D eigenvalue weighted by atomic mass is 16.5. The smallest absolute Gasteiger partial charge is 0.122 e. The lowest BCUT2D eigenvalue weighted by molar-refractivity contribution is 0.140. The van der Waals surface area contributed by atoms with Gasteiger partial charge < -0.3 is 19.7 Å². The maximum Gasteiger partial charge on any atom is 0.122 e. The Hall–Kier alpha value is -2.04. The molecule has 0 bridgehead atoms. The van der Waals surface area contributed by atoms with Crippen LogP contribution in [0.4, 0.5) is 0 Å². The Morgan fingerprint density at radius 2 is 0.974 bits per heavy atom. The minimum atomic E-state index is -0.201. The van der Waals surface area contributed by atoms with Crippen LogP contribution in [0.3, 0.4) is 0 Å². The fraction of sp³-hybridized carbons (Fsp3) is 0.647. The second-order valence-electron chi connectivity index (χ2n) is 11.2. The van der Waals surface area contributed by atoms with E-state index >= 15 is 0 Å². The standard InChI is InChI=1S/C34H52O4/c1-3-5-13-29(35)15-11-25-37-33-19-9-7-17-31(33)27-21-23-28(24-22-27)32-18-8-10-20-34(32)38-26-12-16-30(36)14-6-4-2/h7-10,17-20,27-30,35-36H,3-6,11-16,21-26H2,1-2H3. The Balaban J connectivity index is 1.47. The van der Waals surface area contributed by atoms with Gasteiger partial charge in [-0.05, 0) is 99.3 Å². The van der Waals surface area contributed by atoms with Crippen molar-refractivity contribution in [3.8, 4) is 11.5 Å². The average molecular weight is 525 g/mol. The predicted molar refractivity (Wildman–Crippen MR) is 157 cm³/mol. The number of hydrogen-bond acceptors (Lipinski definition) is 4. The van der Waals surface area contributed by atoms with Crippen LogP contribution in [0.1, 0.15) is 127 Å². The van der Waals surface area contributed by atoms with Crippen molar-refractivity contribution in [1.29, 1.82) is 0 Å². The van der Waals surface area contributed by atoms with E-state index in [1.165, 1.54) is 11.1 Å². The minimum Gasteiger partial charge on any atom is -0.493 e. The monoisotopic (exact) mass is 524 g/mol. The average Bonchev–Trinajstić information content (AvgIpc) is 2.96. The van der Waals surface area contributed by atoms with Crippen LogP contribution in [0.2, 0.25) is 0 Å². The van der Waals surface area contributed by atoms with Crippen LogP contribution >= 0.6 is 0 Å². The molecule has 3 rings (SSSR count). The van der Waals surface area contributed by atoms with E-state index in [9.17, 15) is 10.2 Å². The molecule has 2 N–H and O–H groups in total. The van der Waals surface area contributed by atoms with Crippen LogP contribution in [-0.2, 0) is 0 Å². The second-order valence-corrected chi connectivity index (χ2v) is 11.2. The van der Waals surface area contributed by atoms with Gasteiger partial charge in [0.1, 0.15) is 11.5 Å². The molecule has 2 aromatic carbocycles. The van der Waals surface area contributed by atoms with Crippen molar-refractivity contribution in [2.75, 3.05) is 13.2 Å². The number of hydrogen-bond donors (Lipinski definition) is 2. The molecule has 212 valence electrons. The van der Waals surface area contributed by atoms with Crippen molar-refractivity contribution in [2.45, 2.75) is 128 Å². The lowest BCUT2D eigenvalue weighted by atomic mass is 9.76. The molecule has 0 aliphatic heterocycles. The zero-order valence-corrected chi connectivity index (χ0v) is 24.0. The van der Waals surface area contributed by atoms with Gasteiger partial charge in [0.15, 0.2) is 0 Å². The van der Waals surface area contributed by atoms with E-state index in [4.69, 9.17) is 9.47 Å². The van der Waals surface area contributed by atoms with E-state index in [1.54, 1.807) is 0 Å². The predicted octanol–water partition coefficient (Wildman–Crippen LogP) is 8.55. The third-order valence-electron chi connectivity index (χ3n) is 8.11. The number of aliphatic hydroxyl groups excluding tert-OH is 2. The van der Waals surface area contributed by atoms with Crippen molar-refractivity contribution >= 4 is 0 Å². The number of unbranched alkanes of at least 4 members (excludes halogenated alkanes) is 2. The third-order valence-corrected chi connectivity index (χ3v) is 8.11. The number of benzene rings is 2. The van der Waals surface area contributed by atoms with Gasteiger partial charge in [0.2, 0.25) is 0 Å². The van der Waals surface area contributed by atoms with Gasteiger partial charge in [-0.3, -0.25) is 0 Å². The summed E-state index contributed by atoms with van der Waals surface area (Å²) in [7, 11) is 0. The Morgan fingerprint density at radius 3 is 1.37 bits per heavy atom. The fourth-order valence-electron chi connectivity index (χ4n) is 5.78. The molecule has 4 heteroatoms. The van der Waals surface area contributed by atoms with Gasteiger partial charge in [0.25, 0.3) is 0 Å². The summed E-state index contributed by atoms with van der Waals surface area (Å²) in [6.45, 7) is 5.65. The van der Waals surface area contributed by atoms with Crippen molar-refractivity contribution in [3.05, 3.63) is 59.7 Å². The Bertz CT molecular complexity index is 816.